The van der Waals surface area contributed by atoms with Crippen LogP contribution in [-0.4, -0.2) is 37.4 Å². The lowest BCUT2D eigenvalue weighted by Crippen LogP contribution is -2.36. The predicted octanol–water partition coefficient (Wildman–Crippen LogP) is 3.86. The Morgan fingerprint density at radius 3 is 2.64 bits per heavy atom. The molecule has 2 aliphatic heterocycles. The second-order valence-electron chi connectivity index (χ2n) is 6.60. The summed E-state index contributed by atoms with van der Waals surface area (Å²) < 4.78 is 18.4. The number of hydrogen-bond acceptors (Lipinski definition) is 5. The van der Waals surface area contributed by atoms with E-state index in [1.165, 1.54) is 29.6 Å². The Kier molecular flexibility index (Phi) is 5.45. The largest absolute Gasteiger partial charge is 0.378 e. The molecular weight excluding hydrogens is 377 g/mol. The van der Waals surface area contributed by atoms with Crippen LogP contribution in [-0.2, 0) is 9.53 Å². The SMILES string of the molecule is Cc1cc(N2CCOCC2)ccc1/C=C1\SC(=Nc2ccc(F)cc2)NC1=O. The monoisotopic (exact) mass is 397 g/mol. The molecule has 2 aliphatic rings. The first-order valence-corrected chi connectivity index (χ1v) is 9.89. The van der Waals surface area contributed by atoms with Gasteiger partial charge >= 0.3 is 0 Å². The first kappa shape index (κ1) is 18.7. The molecule has 2 saturated heterocycles. The van der Waals surface area contributed by atoms with Crippen molar-refractivity contribution in [2.45, 2.75) is 6.92 Å². The zero-order valence-electron chi connectivity index (χ0n) is 15.4. The summed E-state index contributed by atoms with van der Waals surface area (Å²) in [7, 11) is 0. The molecule has 0 saturated carbocycles. The first-order chi connectivity index (χ1) is 13.6. The molecule has 0 radical (unpaired) electrons. The van der Waals surface area contributed by atoms with Crippen LogP contribution in [0.2, 0.25) is 0 Å². The molecule has 0 bridgehead atoms. The number of thioether (sulfide) groups is 1. The van der Waals surface area contributed by atoms with Gasteiger partial charge in [-0.3, -0.25) is 4.79 Å². The molecule has 2 aromatic rings. The van der Waals surface area contributed by atoms with Crippen LogP contribution in [0.3, 0.4) is 0 Å². The van der Waals surface area contributed by atoms with Crippen LogP contribution in [0.5, 0.6) is 0 Å². The number of carbonyl (C=O) groups is 1. The van der Waals surface area contributed by atoms with Crippen molar-refractivity contribution < 1.29 is 13.9 Å². The van der Waals surface area contributed by atoms with E-state index in [9.17, 15) is 9.18 Å². The van der Waals surface area contributed by atoms with Crippen LogP contribution in [0.15, 0.2) is 52.4 Å². The lowest BCUT2D eigenvalue weighted by molar-refractivity contribution is -0.115. The van der Waals surface area contributed by atoms with Crippen LogP contribution < -0.4 is 10.2 Å². The van der Waals surface area contributed by atoms with Gasteiger partial charge in [-0.05, 0) is 72.3 Å². The number of anilines is 1. The molecule has 1 amide bonds. The number of ether oxygens (including phenoxy) is 1. The zero-order valence-corrected chi connectivity index (χ0v) is 16.3. The average molecular weight is 397 g/mol. The van der Waals surface area contributed by atoms with Crippen molar-refractivity contribution in [3.63, 3.8) is 0 Å². The van der Waals surface area contributed by atoms with Crippen molar-refractivity contribution in [1.29, 1.82) is 0 Å². The lowest BCUT2D eigenvalue weighted by atomic mass is 10.1. The molecule has 5 nitrogen and oxygen atoms in total. The highest BCUT2D eigenvalue weighted by molar-refractivity contribution is 8.18. The number of morpholine rings is 1. The van der Waals surface area contributed by atoms with Crippen molar-refractivity contribution in [3.05, 3.63) is 64.3 Å². The number of hydrogen-bond donors (Lipinski definition) is 1. The van der Waals surface area contributed by atoms with Crippen molar-refractivity contribution in [1.82, 2.24) is 5.32 Å². The molecule has 0 atom stereocenters. The first-order valence-electron chi connectivity index (χ1n) is 9.07. The summed E-state index contributed by atoms with van der Waals surface area (Å²) in [5, 5.41) is 3.25. The predicted molar refractivity (Wildman–Crippen MR) is 111 cm³/mol. The van der Waals surface area contributed by atoms with E-state index in [0.717, 1.165) is 37.4 Å². The molecule has 0 aromatic heterocycles. The van der Waals surface area contributed by atoms with Gasteiger partial charge in [-0.15, -0.1) is 0 Å². The summed E-state index contributed by atoms with van der Waals surface area (Å²) in [5.41, 5.74) is 3.87. The lowest BCUT2D eigenvalue weighted by Gasteiger charge is -2.29. The van der Waals surface area contributed by atoms with Crippen molar-refractivity contribution in [2.75, 3.05) is 31.2 Å². The maximum Gasteiger partial charge on any atom is 0.264 e. The molecule has 144 valence electrons. The molecule has 0 unspecified atom stereocenters. The molecule has 1 N–H and O–H groups in total. The summed E-state index contributed by atoms with van der Waals surface area (Å²) in [4.78, 5) is 19.5. The van der Waals surface area contributed by atoms with Gasteiger partial charge in [0.2, 0.25) is 0 Å². The van der Waals surface area contributed by atoms with E-state index in [0.29, 0.717) is 15.8 Å². The van der Waals surface area contributed by atoms with Gasteiger partial charge in [0, 0.05) is 18.8 Å². The van der Waals surface area contributed by atoms with Gasteiger partial charge in [0.25, 0.3) is 5.91 Å². The van der Waals surface area contributed by atoms with Crippen LogP contribution in [0.25, 0.3) is 6.08 Å². The number of amidine groups is 1. The van der Waals surface area contributed by atoms with E-state index in [1.807, 2.05) is 19.1 Å². The topological polar surface area (TPSA) is 53.9 Å². The molecule has 0 aliphatic carbocycles. The minimum absolute atomic E-state index is 0.178. The van der Waals surface area contributed by atoms with Gasteiger partial charge in [-0.1, -0.05) is 6.07 Å². The number of aliphatic imine (C=N–C) groups is 1. The number of aryl methyl sites for hydroxylation is 1. The van der Waals surface area contributed by atoms with Crippen molar-refractivity contribution in [2.24, 2.45) is 4.99 Å². The summed E-state index contributed by atoms with van der Waals surface area (Å²) in [6, 6.07) is 12.1. The van der Waals surface area contributed by atoms with Gasteiger partial charge < -0.3 is 15.0 Å². The number of amides is 1. The molecule has 0 spiro atoms. The van der Waals surface area contributed by atoms with E-state index in [2.05, 4.69) is 27.3 Å². The molecule has 7 heteroatoms. The highest BCUT2D eigenvalue weighted by Crippen LogP contribution is 2.30. The van der Waals surface area contributed by atoms with Crippen molar-refractivity contribution in [3.8, 4) is 0 Å². The summed E-state index contributed by atoms with van der Waals surface area (Å²) in [6.45, 7) is 5.32. The third-order valence-corrected chi connectivity index (χ3v) is 5.53. The number of nitrogens with one attached hydrogen (secondary N) is 1. The number of rotatable bonds is 3. The third-order valence-electron chi connectivity index (χ3n) is 4.62. The van der Waals surface area contributed by atoms with Gasteiger partial charge in [-0.25, -0.2) is 9.38 Å². The molecule has 28 heavy (non-hydrogen) atoms. The van der Waals surface area contributed by atoms with Gasteiger partial charge in [0.05, 0.1) is 23.8 Å². The number of halogens is 1. The maximum absolute atomic E-state index is 13.0. The van der Waals surface area contributed by atoms with Gasteiger partial charge in [0.1, 0.15) is 5.82 Å². The summed E-state index contributed by atoms with van der Waals surface area (Å²) in [6.07, 6.45) is 1.88. The molecular formula is C21H20FN3O2S. The Labute approximate surface area is 167 Å². The number of carbonyl (C=O) groups excluding carboxylic acids is 1. The fraction of sp³-hybridized carbons (Fsp3) is 0.238. The zero-order chi connectivity index (χ0) is 19.5. The number of benzene rings is 2. The Morgan fingerprint density at radius 1 is 1.18 bits per heavy atom. The average Bonchev–Trinajstić information content (AvgIpc) is 3.05. The molecule has 2 aromatic carbocycles. The maximum atomic E-state index is 13.0. The van der Waals surface area contributed by atoms with Crippen LogP contribution in [0, 0.1) is 12.7 Å². The minimum Gasteiger partial charge on any atom is -0.378 e. The summed E-state index contributed by atoms with van der Waals surface area (Å²) >= 11 is 1.28. The fourth-order valence-electron chi connectivity index (χ4n) is 3.09. The second kappa shape index (κ2) is 8.16. The van der Waals surface area contributed by atoms with E-state index in [1.54, 1.807) is 12.1 Å². The normalized spacial score (nSPS) is 20.1. The van der Waals surface area contributed by atoms with Crippen LogP contribution in [0.4, 0.5) is 15.8 Å². The highest BCUT2D eigenvalue weighted by atomic mass is 32.2. The highest BCUT2D eigenvalue weighted by Gasteiger charge is 2.24. The molecule has 2 heterocycles. The van der Waals surface area contributed by atoms with Gasteiger partial charge in [-0.2, -0.15) is 0 Å². The Bertz CT molecular complexity index is 951. The Balaban J connectivity index is 1.52. The molecule has 4 rings (SSSR count). The molecule has 2 fully saturated rings. The van der Waals surface area contributed by atoms with E-state index in [4.69, 9.17) is 4.74 Å². The number of nitrogens with zero attached hydrogens (tertiary/aromatic N) is 2. The van der Waals surface area contributed by atoms with Crippen LogP contribution in [0.1, 0.15) is 11.1 Å². The Morgan fingerprint density at radius 2 is 1.93 bits per heavy atom. The fourth-order valence-corrected chi connectivity index (χ4v) is 3.93. The van der Waals surface area contributed by atoms with Gasteiger partial charge in [0.15, 0.2) is 5.17 Å². The van der Waals surface area contributed by atoms with E-state index >= 15 is 0 Å². The Hall–Kier alpha value is -2.64. The third kappa shape index (κ3) is 4.26. The standard InChI is InChI=1S/C21H20FN3O2S/c1-14-12-18(25-8-10-27-11-9-25)7-2-15(14)13-19-20(26)24-21(28-19)23-17-5-3-16(22)4-6-17/h2-7,12-13H,8-11H2,1H3,(H,23,24,26)/b19-13-. The van der Waals surface area contributed by atoms with E-state index in [-0.39, 0.29) is 11.7 Å². The van der Waals surface area contributed by atoms with E-state index < -0.39 is 0 Å². The summed E-state index contributed by atoms with van der Waals surface area (Å²) in [5.74, 6) is -0.494. The quantitative estimate of drug-likeness (QED) is 0.799. The van der Waals surface area contributed by atoms with Crippen LogP contribution >= 0.6 is 11.8 Å². The smallest absolute Gasteiger partial charge is 0.264 e. The second-order valence-corrected chi connectivity index (χ2v) is 7.63. The minimum atomic E-state index is -0.316. The van der Waals surface area contributed by atoms with Crippen molar-refractivity contribution >= 4 is 40.3 Å².